The maximum atomic E-state index is 13.5. The number of carbonyl (C=O) groups is 1. The Hall–Kier alpha value is -1.95. The van der Waals surface area contributed by atoms with Crippen molar-refractivity contribution in [2.75, 3.05) is 7.11 Å². The Bertz CT molecular complexity index is 568. The number of halogens is 1. The molecule has 0 amide bonds. The zero-order chi connectivity index (χ0) is 12.4. The van der Waals surface area contributed by atoms with Crippen molar-refractivity contribution >= 4 is 17.3 Å². The summed E-state index contributed by atoms with van der Waals surface area (Å²) < 4.78 is 18.1. The van der Waals surface area contributed by atoms with Crippen LogP contribution in [0, 0.1) is 5.82 Å². The molecule has 0 aliphatic carbocycles. The van der Waals surface area contributed by atoms with Gasteiger partial charge in [0, 0.05) is 11.6 Å². The van der Waals surface area contributed by atoms with Crippen LogP contribution < -0.4 is 0 Å². The van der Waals surface area contributed by atoms with E-state index in [9.17, 15) is 9.18 Å². The minimum Gasteiger partial charge on any atom is -0.508 e. The number of carbonyl (C=O) groups excluding carboxylic acids is 1. The van der Waals surface area contributed by atoms with Gasteiger partial charge in [-0.1, -0.05) is 0 Å². The zero-order valence-corrected chi connectivity index (χ0v) is 9.62. The van der Waals surface area contributed by atoms with Crippen LogP contribution in [0.25, 0.3) is 10.6 Å². The summed E-state index contributed by atoms with van der Waals surface area (Å²) in [7, 11) is 1.27. The number of thiazole rings is 1. The molecule has 0 saturated carbocycles. The number of ether oxygens (including phenoxy) is 1. The molecule has 6 heteroatoms. The average molecular weight is 253 g/mol. The topological polar surface area (TPSA) is 59.4 Å². The fourth-order valence-electron chi connectivity index (χ4n) is 1.27. The molecule has 17 heavy (non-hydrogen) atoms. The van der Waals surface area contributed by atoms with E-state index in [1.54, 1.807) is 0 Å². The third kappa shape index (κ3) is 2.26. The van der Waals surface area contributed by atoms with Crippen molar-refractivity contribution in [3.05, 3.63) is 35.1 Å². The lowest BCUT2D eigenvalue weighted by Crippen LogP contribution is -1.96. The van der Waals surface area contributed by atoms with Crippen LogP contribution in [-0.2, 0) is 4.74 Å². The fourth-order valence-corrected chi connectivity index (χ4v) is 2.13. The first-order valence-electron chi connectivity index (χ1n) is 4.65. The van der Waals surface area contributed by atoms with Crippen molar-refractivity contribution in [1.29, 1.82) is 0 Å². The third-order valence-corrected chi connectivity index (χ3v) is 3.09. The highest BCUT2D eigenvalue weighted by Crippen LogP contribution is 2.29. The lowest BCUT2D eigenvalue weighted by atomic mass is 10.2. The zero-order valence-electron chi connectivity index (χ0n) is 8.81. The summed E-state index contributed by atoms with van der Waals surface area (Å²) in [5.41, 5.74) is 0.239. The summed E-state index contributed by atoms with van der Waals surface area (Å²) in [4.78, 5) is 15.5. The maximum absolute atomic E-state index is 13.5. The highest BCUT2D eigenvalue weighted by Gasteiger charge is 2.14. The maximum Gasteiger partial charge on any atom is 0.349 e. The summed E-state index contributed by atoms with van der Waals surface area (Å²) in [6, 6.07) is 3.76. The largest absolute Gasteiger partial charge is 0.508 e. The Labute approximate surface area is 100 Å². The summed E-state index contributed by atoms with van der Waals surface area (Å²) in [6.45, 7) is 0. The molecular weight excluding hydrogens is 245 g/mol. The van der Waals surface area contributed by atoms with Crippen LogP contribution in [0.2, 0.25) is 0 Å². The molecule has 0 unspecified atom stereocenters. The highest BCUT2D eigenvalue weighted by molar-refractivity contribution is 7.16. The molecule has 0 atom stereocenters. The van der Waals surface area contributed by atoms with E-state index >= 15 is 0 Å². The number of phenolic OH excluding ortho intramolecular Hbond substituents is 1. The first kappa shape index (κ1) is 11.5. The third-order valence-electron chi connectivity index (χ3n) is 2.08. The number of benzene rings is 1. The van der Waals surface area contributed by atoms with Gasteiger partial charge in [0.2, 0.25) is 0 Å². The number of aromatic hydroxyl groups is 1. The van der Waals surface area contributed by atoms with Gasteiger partial charge in [-0.2, -0.15) is 0 Å². The van der Waals surface area contributed by atoms with E-state index < -0.39 is 11.8 Å². The van der Waals surface area contributed by atoms with Crippen LogP contribution in [0.4, 0.5) is 4.39 Å². The van der Waals surface area contributed by atoms with Gasteiger partial charge in [-0.25, -0.2) is 14.2 Å². The second-order valence-electron chi connectivity index (χ2n) is 3.19. The Balaban J connectivity index is 2.40. The van der Waals surface area contributed by atoms with Gasteiger partial charge < -0.3 is 9.84 Å². The first-order valence-corrected chi connectivity index (χ1v) is 5.46. The molecule has 1 heterocycles. The molecule has 2 rings (SSSR count). The van der Waals surface area contributed by atoms with E-state index in [-0.39, 0.29) is 11.3 Å². The van der Waals surface area contributed by atoms with E-state index in [0.29, 0.717) is 9.88 Å². The van der Waals surface area contributed by atoms with Gasteiger partial charge in [-0.05, 0) is 12.1 Å². The van der Waals surface area contributed by atoms with E-state index in [1.807, 2.05) is 0 Å². The van der Waals surface area contributed by atoms with Gasteiger partial charge in [-0.3, -0.25) is 0 Å². The number of esters is 1. The number of rotatable bonds is 2. The molecule has 1 aromatic heterocycles. The van der Waals surface area contributed by atoms with Gasteiger partial charge >= 0.3 is 5.97 Å². The van der Waals surface area contributed by atoms with Crippen molar-refractivity contribution in [3.63, 3.8) is 0 Å². The molecule has 0 spiro atoms. The number of aromatic nitrogens is 1. The van der Waals surface area contributed by atoms with E-state index in [4.69, 9.17) is 5.11 Å². The SMILES string of the molecule is COC(=O)c1cnc(-c2ccc(O)cc2F)s1. The fraction of sp³-hybridized carbons (Fsp3) is 0.0909. The number of phenols is 1. The van der Waals surface area contributed by atoms with Crippen molar-refractivity contribution in [3.8, 4) is 16.3 Å². The van der Waals surface area contributed by atoms with Gasteiger partial charge in [0.15, 0.2) is 0 Å². The second-order valence-corrected chi connectivity index (χ2v) is 4.22. The van der Waals surface area contributed by atoms with Gasteiger partial charge in [0.1, 0.15) is 21.5 Å². The summed E-state index contributed by atoms with van der Waals surface area (Å²) in [6.07, 6.45) is 1.33. The van der Waals surface area contributed by atoms with Crippen LogP contribution in [-0.4, -0.2) is 23.2 Å². The molecular formula is C11H8FNO3S. The minimum atomic E-state index is -0.587. The quantitative estimate of drug-likeness (QED) is 0.835. The van der Waals surface area contributed by atoms with Crippen LogP contribution in [0.1, 0.15) is 9.67 Å². The lowest BCUT2D eigenvalue weighted by molar-refractivity contribution is 0.0606. The molecule has 88 valence electrons. The van der Waals surface area contributed by atoms with Gasteiger partial charge in [-0.15, -0.1) is 11.3 Å². The van der Waals surface area contributed by atoms with Crippen molar-refractivity contribution in [2.24, 2.45) is 0 Å². The molecule has 0 aliphatic rings. The number of hydrogen-bond donors (Lipinski definition) is 1. The number of nitrogens with zero attached hydrogens (tertiary/aromatic N) is 1. The standard InChI is InChI=1S/C11H8FNO3S/c1-16-11(15)9-5-13-10(17-9)7-3-2-6(14)4-8(7)12/h2-5,14H,1H3. The smallest absolute Gasteiger partial charge is 0.349 e. The summed E-state index contributed by atoms with van der Waals surface area (Å²) >= 11 is 1.03. The van der Waals surface area contributed by atoms with Crippen LogP contribution in [0.15, 0.2) is 24.4 Å². The molecule has 1 N–H and O–H groups in total. The Kier molecular flexibility index (Phi) is 3.06. The van der Waals surface area contributed by atoms with Crippen LogP contribution >= 0.6 is 11.3 Å². The predicted octanol–water partition coefficient (Wildman–Crippen LogP) is 2.44. The minimum absolute atomic E-state index is 0.156. The van der Waals surface area contributed by atoms with Gasteiger partial charge in [0.25, 0.3) is 0 Å². The molecule has 1 aromatic carbocycles. The van der Waals surface area contributed by atoms with E-state index in [0.717, 1.165) is 17.4 Å². The van der Waals surface area contributed by atoms with Crippen LogP contribution in [0.3, 0.4) is 0 Å². The first-order chi connectivity index (χ1) is 8.11. The lowest BCUT2D eigenvalue weighted by Gasteiger charge is -1.99. The monoisotopic (exact) mass is 253 g/mol. The highest BCUT2D eigenvalue weighted by atomic mass is 32.1. The Morgan fingerprint density at radius 1 is 1.53 bits per heavy atom. The predicted molar refractivity (Wildman–Crippen MR) is 60.5 cm³/mol. The second kappa shape index (κ2) is 4.50. The number of methoxy groups -OCH3 is 1. The molecule has 0 fully saturated rings. The molecule has 0 aliphatic heterocycles. The molecule has 0 bridgehead atoms. The molecule has 4 nitrogen and oxygen atoms in total. The van der Waals surface area contributed by atoms with Crippen molar-refractivity contribution < 1.29 is 19.0 Å². The normalized spacial score (nSPS) is 10.2. The van der Waals surface area contributed by atoms with E-state index in [2.05, 4.69) is 9.72 Å². The Morgan fingerprint density at radius 3 is 2.94 bits per heavy atom. The Morgan fingerprint density at radius 2 is 2.29 bits per heavy atom. The van der Waals surface area contributed by atoms with E-state index in [1.165, 1.54) is 25.4 Å². The van der Waals surface area contributed by atoms with Crippen molar-refractivity contribution in [1.82, 2.24) is 4.98 Å². The summed E-state index contributed by atoms with van der Waals surface area (Å²) in [5, 5.41) is 9.45. The summed E-state index contributed by atoms with van der Waals surface area (Å²) in [5.74, 6) is -1.25. The van der Waals surface area contributed by atoms with Gasteiger partial charge in [0.05, 0.1) is 13.3 Å². The molecule has 0 saturated heterocycles. The average Bonchev–Trinajstić information content (AvgIpc) is 2.77. The van der Waals surface area contributed by atoms with Crippen molar-refractivity contribution in [2.45, 2.75) is 0 Å². The number of hydrogen-bond acceptors (Lipinski definition) is 5. The molecule has 2 aromatic rings. The van der Waals surface area contributed by atoms with Crippen LogP contribution in [0.5, 0.6) is 5.75 Å². The molecule has 0 radical (unpaired) electrons.